The Labute approximate surface area is 97.6 Å². The van der Waals surface area contributed by atoms with E-state index in [4.69, 9.17) is 0 Å². The monoisotopic (exact) mass is 322 g/mol. The van der Waals surface area contributed by atoms with Gasteiger partial charge in [-0.15, -0.1) is 0 Å². The van der Waals surface area contributed by atoms with Crippen molar-refractivity contribution in [1.29, 1.82) is 0 Å². The molecule has 0 radical (unpaired) electrons. The van der Waals surface area contributed by atoms with Gasteiger partial charge in [-0.2, -0.15) is 8.78 Å². The first-order valence-corrected chi connectivity index (χ1v) is 5.32. The van der Waals surface area contributed by atoms with Gasteiger partial charge in [0.15, 0.2) is 9.47 Å². The van der Waals surface area contributed by atoms with Crippen LogP contribution in [-0.4, -0.2) is 0 Å². The van der Waals surface area contributed by atoms with Gasteiger partial charge in [-0.25, -0.2) is 0 Å². The molecule has 1 aromatic carbocycles. The van der Waals surface area contributed by atoms with E-state index in [9.17, 15) is 8.78 Å². The van der Waals surface area contributed by atoms with E-state index in [0.717, 1.165) is 0 Å². The van der Waals surface area contributed by atoms with E-state index in [1.54, 1.807) is 24.3 Å². The fourth-order valence-corrected chi connectivity index (χ4v) is 1.47. The number of halogens is 4. The molecule has 0 atom stereocenters. The zero-order valence-electron chi connectivity index (χ0n) is 6.98. The summed E-state index contributed by atoms with van der Waals surface area (Å²) >= 11 is 5.37. The van der Waals surface area contributed by atoms with Gasteiger partial charge in [-0.1, -0.05) is 24.3 Å². The highest BCUT2D eigenvalue weighted by molar-refractivity contribution is 9.11. The Morgan fingerprint density at radius 1 is 0.857 bits per heavy atom. The fourth-order valence-electron chi connectivity index (χ4n) is 0.940. The lowest BCUT2D eigenvalue weighted by atomic mass is 10.1. The molecule has 0 nitrogen and oxygen atoms in total. The van der Waals surface area contributed by atoms with Crippen molar-refractivity contribution < 1.29 is 8.78 Å². The van der Waals surface area contributed by atoms with Crippen LogP contribution in [0.15, 0.2) is 33.7 Å². The third-order valence-electron chi connectivity index (χ3n) is 1.49. The molecule has 0 aliphatic heterocycles. The Bertz CT molecular complexity index is 321. The molecule has 0 aliphatic carbocycles. The van der Waals surface area contributed by atoms with Crippen LogP contribution in [0.1, 0.15) is 11.1 Å². The van der Waals surface area contributed by atoms with Gasteiger partial charge >= 0.3 is 0 Å². The summed E-state index contributed by atoms with van der Waals surface area (Å²) in [5, 5.41) is 0. The lowest BCUT2D eigenvalue weighted by Gasteiger charge is -1.95. The Hall–Kier alpha value is -0.480. The lowest BCUT2D eigenvalue weighted by Crippen LogP contribution is -1.74. The topological polar surface area (TPSA) is 0 Å². The van der Waals surface area contributed by atoms with Gasteiger partial charge in [0.2, 0.25) is 0 Å². The predicted octanol–water partition coefficient (Wildman–Crippen LogP) is 5.01. The Kier molecular flexibility index (Phi) is 4.48. The van der Waals surface area contributed by atoms with Crippen molar-refractivity contribution in [1.82, 2.24) is 0 Å². The molecule has 0 saturated heterocycles. The van der Waals surface area contributed by atoms with Crippen LogP contribution < -0.4 is 0 Å². The van der Waals surface area contributed by atoms with Gasteiger partial charge in [-0.05, 0) is 55.1 Å². The maximum atomic E-state index is 12.4. The second-order valence-corrected chi connectivity index (χ2v) is 4.05. The standard InChI is InChI=1S/C10H6Br2F2/c11-9(13)5-7-1-2-8(4-3-7)6-10(12)14/h1-6H/b9-5-,10-6+. The van der Waals surface area contributed by atoms with Crippen LogP contribution in [0.2, 0.25) is 0 Å². The number of benzene rings is 1. The number of rotatable bonds is 2. The molecule has 0 unspecified atom stereocenters. The molecule has 0 N–H and O–H groups in total. The van der Waals surface area contributed by atoms with Crippen molar-refractivity contribution >= 4 is 44.0 Å². The summed E-state index contributed by atoms with van der Waals surface area (Å²) < 4.78 is 23.9. The average molecular weight is 324 g/mol. The molecule has 0 aromatic heterocycles. The third kappa shape index (κ3) is 4.15. The van der Waals surface area contributed by atoms with Crippen LogP contribution in [0.3, 0.4) is 0 Å². The molecule has 0 spiro atoms. The summed E-state index contributed by atoms with van der Waals surface area (Å²) in [4.78, 5) is 0. The number of hydrogen-bond acceptors (Lipinski definition) is 0. The first-order valence-electron chi connectivity index (χ1n) is 3.73. The van der Waals surface area contributed by atoms with Gasteiger partial charge < -0.3 is 0 Å². The van der Waals surface area contributed by atoms with E-state index < -0.39 is 9.47 Å². The van der Waals surface area contributed by atoms with Gasteiger partial charge in [-0.3, -0.25) is 0 Å². The van der Waals surface area contributed by atoms with Crippen LogP contribution in [-0.2, 0) is 0 Å². The van der Waals surface area contributed by atoms with E-state index >= 15 is 0 Å². The zero-order chi connectivity index (χ0) is 10.6. The van der Waals surface area contributed by atoms with Crippen LogP contribution in [0.4, 0.5) is 8.78 Å². The molecule has 0 amide bonds. The van der Waals surface area contributed by atoms with E-state index in [2.05, 4.69) is 31.9 Å². The molecular formula is C10H6Br2F2. The zero-order valence-corrected chi connectivity index (χ0v) is 10.1. The second kappa shape index (κ2) is 5.41. The minimum absolute atomic E-state index is 0.438. The fraction of sp³-hybridized carbons (Fsp3) is 0. The lowest BCUT2D eigenvalue weighted by molar-refractivity contribution is 0.711. The van der Waals surface area contributed by atoms with Crippen molar-refractivity contribution in [3.63, 3.8) is 0 Å². The molecular weight excluding hydrogens is 318 g/mol. The van der Waals surface area contributed by atoms with Gasteiger partial charge in [0, 0.05) is 0 Å². The predicted molar refractivity (Wildman–Crippen MR) is 62.5 cm³/mol. The van der Waals surface area contributed by atoms with Gasteiger partial charge in [0.1, 0.15) is 0 Å². The third-order valence-corrected chi connectivity index (χ3v) is 1.95. The molecule has 14 heavy (non-hydrogen) atoms. The van der Waals surface area contributed by atoms with E-state index in [1.807, 2.05) is 0 Å². The summed E-state index contributed by atoms with van der Waals surface area (Å²) in [6.45, 7) is 0. The Morgan fingerprint density at radius 3 is 1.36 bits per heavy atom. The van der Waals surface area contributed by atoms with E-state index in [0.29, 0.717) is 11.1 Å². The Balaban J connectivity index is 2.89. The van der Waals surface area contributed by atoms with Crippen LogP contribution in [0.5, 0.6) is 0 Å². The minimum atomic E-state index is -0.438. The largest absolute Gasteiger partial charge is 0.199 e. The summed E-state index contributed by atoms with van der Waals surface area (Å²) in [6.07, 6.45) is 2.66. The van der Waals surface area contributed by atoms with Crippen molar-refractivity contribution in [3.05, 3.63) is 44.9 Å². The number of hydrogen-bond donors (Lipinski definition) is 0. The van der Waals surface area contributed by atoms with Crippen molar-refractivity contribution in [2.45, 2.75) is 0 Å². The van der Waals surface area contributed by atoms with Crippen molar-refractivity contribution in [2.24, 2.45) is 0 Å². The molecule has 0 heterocycles. The minimum Gasteiger partial charge on any atom is -0.199 e. The van der Waals surface area contributed by atoms with Crippen LogP contribution in [0, 0.1) is 0 Å². The summed E-state index contributed by atoms with van der Waals surface area (Å²) in [5.74, 6) is 0. The molecule has 4 heteroatoms. The SMILES string of the molecule is F/C(Br)=C/c1ccc(/C=C(\F)Br)cc1. The molecule has 0 bridgehead atoms. The smallest absolute Gasteiger partial charge is 0.166 e. The quantitative estimate of drug-likeness (QED) is 0.717. The molecule has 0 aliphatic rings. The highest BCUT2D eigenvalue weighted by Crippen LogP contribution is 2.16. The first kappa shape index (κ1) is 11.6. The summed E-state index contributed by atoms with van der Waals surface area (Å²) in [7, 11) is 0. The van der Waals surface area contributed by atoms with Crippen molar-refractivity contribution in [3.8, 4) is 0 Å². The highest BCUT2D eigenvalue weighted by atomic mass is 79.9. The molecule has 1 rings (SSSR count). The summed E-state index contributed by atoms with van der Waals surface area (Å²) in [6, 6.07) is 6.79. The highest BCUT2D eigenvalue weighted by Gasteiger charge is 1.93. The second-order valence-electron chi connectivity index (χ2n) is 2.53. The molecule has 74 valence electrons. The van der Waals surface area contributed by atoms with Crippen LogP contribution in [0.25, 0.3) is 12.2 Å². The Morgan fingerprint density at radius 2 is 1.14 bits per heavy atom. The molecule has 0 saturated carbocycles. The van der Waals surface area contributed by atoms with E-state index in [-0.39, 0.29) is 0 Å². The average Bonchev–Trinajstić information content (AvgIpc) is 2.06. The maximum absolute atomic E-state index is 12.4. The van der Waals surface area contributed by atoms with Gasteiger partial charge in [0.25, 0.3) is 0 Å². The summed E-state index contributed by atoms with van der Waals surface area (Å²) in [5.41, 5.74) is 1.43. The first-order chi connectivity index (χ1) is 6.58. The van der Waals surface area contributed by atoms with Crippen molar-refractivity contribution in [2.75, 3.05) is 0 Å². The maximum Gasteiger partial charge on any atom is 0.166 e. The van der Waals surface area contributed by atoms with Gasteiger partial charge in [0.05, 0.1) is 0 Å². The molecule has 1 aromatic rings. The molecule has 0 fully saturated rings. The van der Waals surface area contributed by atoms with E-state index in [1.165, 1.54) is 12.2 Å². The normalized spacial score (nSPS) is 13.1. The van der Waals surface area contributed by atoms with Crippen LogP contribution >= 0.6 is 31.9 Å².